The van der Waals surface area contributed by atoms with Crippen molar-refractivity contribution < 1.29 is 4.79 Å². The van der Waals surface area contributed by atoms with Gasteiger partial charge in [0.2, 0.25) is 0 Å². The zero-order valence-corrected chi connectivity index (χ0v) is 17.8. The van der Waals surface area contributed by atoms with Crippen molar-refractivity contribution in [2.24, 2.45) is 12.0 Å². The highest BCUT2D eigenvalue weighted by Gasteiger charge is 2.09. The molecular formula is C21H32N6O. The molecule has 0 fully saturated rings. The predicted molar refractivity (Wildman–Crippen MR) is 114 cm³/mol. The topological polar surface area (TPSA) is 74.6 Å². The van der Waals surface area contributed by atoms with Gasteiger partial charge in [0, 0.05) is 45.5 Å². The summed E-state index contributed by atoms with van der Waals surface area (Å²) in [5.74, 6) is 0.793. The van der Waals surface area contributed by atoms with E-state index >= 15 is 0 Å². The van der Waals surface area contributed by atoms with Crippen LogP contribution >= 0.6 is 0 Å². The third kappa shape index (κ3) is 5.58. The summed E-state index contributed by atoms with van der Waals surface area (Å²) in [6, 6.07) is 7.60. The van der Waals surface area contributed by atoms with Gasteiger partial charge in [0.1, 0.15) is 0 Å². The molecule has 1 aromatic heterocycles. The summed E-state index contributed by atoms with van der Waals surface area (Å²) in [6.45, 7) is 8.33. The molecule has 0 saturated carbocycles. The van der Waals surface area contributed by atoms with E-state index in [-0.39, 0.29) is 5.91 Å². The Morgan fingerprint density at radius 3 is 2.39 bits per heavy atom. The Bertz CT molecular complexity index is 820. The van der Waals surface area contributed by atoms with Gasteiger partial charge in [-0.1, -0.05) is 12.1 Å². The van der Waals surface area contributed by atoms with Crippen molar-refractivity contribution in [3.8, 4) is 0 Å². The van der Waals surface area contributed by atoms with Gasteiger partial charge in [-0.15, -0.1) is 0 Å². The molecule has 7 nitrogen and oxygen atoms in total. The van der Waals surface area contributed by atoms with Crippen molar-refractivity contribution in [2.75, 3.05) is 27.2 Å². The van der Waals surface area contributed by atoms with Crippen molar-refractivity contribution in [3.63, 3.8) is 0 Å². The Labute approximate surface area is 167 Å². The number of guanidine groups is 1. The Balaban J connectivity index is 1.95. The number of carbonyl (C=O) groups excluding carboxylic acids is 1. The van der Waals surface area contributed by atoms with E-state index in [1.807, 2.05) is 49.8 Å². The standard InChI is InChI=1S/C21H32N6O/c1-7-22-21(23-13-12-19-15(2)25-27(6)16(19)3)24-14-17-8-10-18(11-9-17)20(28)26(4)5/h8-11H,7,12-14H2,1-6H3,(H2,22,23,24). The van der Waals surface area contributed by atoms with Gasteiger partial charge in [-0.25, -0.2) is 4.99 Å². The molecule has 0 atom stereocenters. The molecular weight excluding hydrogens is 352 g/mol. The van der Waals surface area contributed by atoms with Crippen LogP contribution in [0.2, 0.25) is 0 Å². The fraction of sp³-hybridized carbons (Fsp3) is 0.476. The van der Waals surface area contributed by atoms with Crippen LogP contribution in [0.15, 0.2) is 29.3 Å². The molecule has 2 aromatic rings. The van der Waals surface area contributed by atoms with Crippen LogP contribution in [0, 0.1) is 13.8 Å². The van der Waals surface area contributed by atoms with Gasteiger partial charge in [0.15, 0.2) is 5.96 Å². The number of nitrogens with one attached hydrogen (secondary N) is 2. The van der Waals surface area contributed by atoms with Crippen molar-refractivity contribution in [3.05, 3.63) is 52.3 Å². The van der Waals surface area contributed by atoms with Crippen molar-refractivity contribution in [1.29, 1.82) is 0 Å². The molecule has 28 heavy (non-hydrogen) atoms. The normalized spacial score (nSPS) is 11.4. The van der Waals surface area contributed by atoms with Crippen LogP contribution in [0.4, 0.5) is 0 Å². The summed E-state index contributed by atoms with van der Waals surface area (Å²) in [5.41, 5.74) is 5.31. The minimum absolute atomic E-state index is 0.00560. The van der Waals surface area contributed by atoms with Crippen LogP contribution in [0.3, 0.4) is 0 Å². The molecule has 1 amide bonds. The second kappa shape index (κ2) is 9.92. The first-order valence-electron chi connectivity index (χ1n) is 9.65. The van der Waals surface area contributed by atoms with Gasteiger partial charge in [0.05, 0.1) is 12.2 Å². The van der Waals surface area contributed by atoms with E-state index in [4.69, 9.17) is 0 Å². The lowest BCUT2D eigenvalue weighted by molar-refractivity contribution is 0.0827. The highest BCUT2D eigenvalue weighted by atomic mass is 16.2. The van der Waals surface area contributed by atoms with Crippen molar-refractivity contribution in [1.82, 2.24) is 25.3 Å². The number of nitrogens with zero attached hydrogens (tertiary/aromatic N) is 4. The van der Waals surface area contributed by atoms with Crippen molar-refractivity contribution in [2.45, 2.75) is 33.7 Å². The number of rotatable bonds is 7. The number of amides is 1. The number of benzene rings is 1. The third-order valence-electron chi connectivity index (χ3n) is 4.70. The molecule has 0 aliphatic heterocycles. The third-order valence-corrected chi connectivity index (χ3v) is 4.70. The van der Waals surface area contributed by atoms with Crippen LogP contribution in [0.5, 0.6) is 0 Å². The average molecular weight is 385 g/mol. The highest BCUT2D eigenvalue weighted by Crippen LogP contribution is 2.12. The lowest BCUT2D eigenvalue weighted by atomic mass is 10.1. The van der Waals surface area contributed by atoms with E-state index in [0.717, 1.165) is 36.7 Å². The molecule has 0 aliphatic rings. The van der Waals surface area contributed by atoms with Crippen LogP contribution in [-0.4, -0.2) is 53.7 Å². The van der Waals surface area contributed by atoms with Gasteiger partial charge in [-0.3, -0.25) is 9.48 Å². The Kier molecular flexibility index (Phi) is 7.61. The Morgan fingerprint density at radius 2 is 1.86 bits per heavy atom. The van der Waals surface area contributed by atoms with E-state index in [1.165, 1.54) is 11.3 Å². The van der Waals surface area contributed by atoms with Crippen LogP contribution in [0.25, 0.3) is 0 Å². The van der Waals surface area contributed by atoms with Gasteiger partial charge in [0.25, 0.3) is 5.91 Å². The smallest absolute Gasteiger partial charge is 0.253 e. The summed E-state index contributed by atoms with van der Waals surface area (Å²) >= 11 is 0. The molecule has 2 N–H and O–H groups in total. The molecule has 0 spiro atoms. The van der Waals surface area contributed by atoms with Crippen LogP contribution < -0.4 is 10.6 Å². The van der Waals surface area contributed by atoms with Gasteiger partial charge in [-0.05, 0) is 50.5 Å². The maximum absolute atomic E-state index is 12.0. The Morgan fingerprint density at radius 1 is 1.18 bits per heavy atom. The fourth-order valence-corrected chi connectivity index (χ4v) is 3.01. The molecule has 0 bridgehead atoms. The second-order valence-corrected chi connectivity index (χ2v) is 7.04. The number of hydrogen-bond donors (Lipinski definition) is 2. The van der Waals surface area contributed by atoms with E-state index in [2.05, 4.69) is 27.6 Å². The minimum atomic E-state index is 0.00560. The number of hydrogen-bond acceptors (Lipinski definition) is 3. The highest BCUT2D eigenvalue weighted by molar-refractivity contribution is 5.93. The molecule has 2 rings (SSSR count). The summed E-state index contributed by atoms with van der Waals surface area (Å²) in [7, 11) is 5.48. The maximum atomic E-state index is 12.0. The lowest BCUT2D eigenvalue weighted by Gasteiger charge is -2.12. The monoisotopic (exact) mass is 384 g/mol. The maximum Gasteiger partial charge on any atom is 0.253 e. The first kappa shape index (κ1) is 21.5. The molecule has 7 heteroatoms. The molecule has 1 heterocycles. The molecule has 1 aromatic carbocycles. The Hall–Kier alpha value is -2.83. The van der Waals surface area contributed by atoms with E-state index in [9.17, 15) is 4.79 Å². The molecule has 0 saturated heterocycles. The second-order valence-electron chi connectivity index (χ2n) is 7.04. The number of carbonyl (C=O) groups is 1. The molecule has 0 unspecified atom stereocenters. The number of aromatic nitrogens is 2. The summed E-state index contributed by atoms with van der Waals surface area (Å²) in [4.78, 5) is 18.2. The van der Waals surface area contributed by atoms with Gasteiger partial charge < -0.3 is 15.5 Å². The SMILES string of the molecule is CCNC(=NCc1ccc(C(=O)N(C)C)cc1)NCCc1c(C)nn(C)c1C. The van der Waals surface area contributed by atoms with E-state index < -0.39 is 0 Å². The number of aliphatic imine (C=N–C) groups is 1. The van der Waals surface area contributed by atoms with Gasteiger partial charge >= 0.3 is 0 Å². The fourth-order valence-electron chi connectivity index (χ4n) is 3.01. The first-order valence-corrected chi connectivity index (χ1v) is 9.65. The molecule has 0 aliphatic carbocycles. The van der Waals surface area contributed by atoms with Crippen molar-refractivity contribution >= 4 is 11.9 Å². The molecule has 152 valence electrons. The van der Waals surface area contributed by atoms with Crippen LogP contribution in [0.1, 0.15) is 39.8 Å². The van der Waals surface area contributed by atoms with E-state index in [1.54, 1.807) is 19.0 Å². The number of aryl methyl sites for hydroxylation is 2. The van der Waals surface area contributed by atoms with Gasteiger partial charge in [-0.2, -0.15) is 5.10 Å². The quantitative estimate of drug-likeness (QED) is 0.566. The molecule has 0 radical (unpaired) electrons. The minimum Gasteiger partial charge on any atom is -0.357 e. The largest absolute Gasteiger partial charge is 0.357 e. The zero-order valence-electron chi connectivity index (χ0n) is 17.8. The predicted octanol–water partition coefficient (Wildman–Crippen LogP) is 2.04. The van der Waals surface area contributed by atoms with Crippen LogP contribution in [-0.2, 0) is 20.0 Å². The summed E-state index contributed by atoms with van der Waals surface area (Å²) in [5, 5.41) is 11.1. The average Bonchev–Trinajstić information content (AvgIpc) is 2.91. The lowest BCUT2D eigenvalue weighted by Crippen LogP contribution is -2.38. The summed E-state index contributed by atoms with van der Waals surface area (Å²) in [6.07, 6.45) is 0.900. The zero-order chi connectivity index (χ0) is 20.7. The first-order chi connectivity index (χ1) is 13.3. The summed E-state index contributed by atoms with van der Waals surface area (Å²) < 4.78 is 1.93. The van der Waals surface area contributed by atoms with E-state index in [0.29, 0.717) is 12.1 Å².